The molecule has 0 bridgehead atoms. The van der Waals surface area contributed by atoms with Gasteiger partial charge in [-0.1, -0.05) is 30.3 Å². The molecular formula is C6H9BClNO2. The molecular weight excluding hydrogens is 164 g/mol. The van der Waals surface area contributed by atoms with Crippen LogP contribution in [0.5, 0.6) is 0 Å². The Morgan fingerprint density at radius 2 is 2.09 bits per heavy atom. The quantitative estimate of drug-likeness (QED) is 0.323. The van der Waals surface area contributed by atoms with E-state index in [-0.39, 0.29) is 10.6 Å². The highest BCUT2D eigenvalue weighted by Gasteiger charge is 2.10. The van der Waals surface area contributed by atoms with Gasteiger partial charge in [-0.2, -0.15) is 0 Å². The van der Waals surface area contributed by atoms with Crippen molar-refractivity contribution in [2.45, 2.75) is 0 Å². The number of rotatable bonds is 3. The van der Waals surface area contributed by atoms with E-state index >= 15 is 0 Å². The predicted octanol–water partition coefficient (Wildman–Crippen LogP) is 0.150. The third-order valence-electron chi connectivity index (χ3n) is 0.913. The summed E-state index contributed by atoms with van der Waals surface area (Å²) in [5.74, 6) is 0. The Balaban J connectivity index is 4.49. The normalized spacial score (nSPS) is 13.0. The van der Waals surface area contributed by atoms with Gasteiger partial charge in [-0.15, -0.1) is 0 Å². The number of halogens is 1. The highest BCUT2D eigenvalue weighted by molar-refractivity contribution is 6.52. The van der Waals surface area contributed by atoms with Gasteiger partial charge in [-0.25, -0.2) is 0 Å². The van der Waals surface area contributed by atoms with Crippen molar-refractivity contribution < 1.29 is 10.0 Å². The smallest absolute Gasteiger partial charge is 0.423 e. The molecule has 0 aliphatic rings. The monoisotopic (exact) mass is 173 g/mol. The number of hydrogen-bond acceptors (Lipinski definition) is 3. The van der Waals surface area contributed by atoms with Gasteiger partial charge in [-0.05, 0) is 11.5 Å². The van der Waals surface area contributed by atoms with Crippen molar-refractivity contribution in [2.75, 3.05) is 0 Å². The maximum Gasteiger partial charge on any atom is 0.488 e. The Hall–Kier alpha value is -0.705. The molecule has 0 aromatic carbocycles. The van der Waals surface area contributed by atoms with Crippen LogP contribution in [0.4, 0.5) is 0 Å². The molecule has 60 valence electrons. The topological polar surface area (TPSA) is 66.5 Å². The summed E-state index contributed by atoms with van der Waals surface area (Å²) in [4.78, 5) is 0. The van der Waals surface area contributed by atoms with Crippen molar-refractivity contribution in [3.63, 3.8) is 0 Å². The highest BCUT2D eigenvalue weighted by Crippen LogP contribution is 2.03. The van der Waals surface area contributed by atoms with Crippen LogP contribution in [0, 0.1) is 0 Å². The molecule has 0 aliphatic heterocycles. The Kier molecular flexibility index (Phi) is 4.69. The van der Waals surface area contributed by atoms with Crippen LogP contribution < -0.4 is 5.73 Å². The SMILES string of the molecule is C=C/C=C(\C=C(/N)Cl)B(O)O. The van der Waals surface area contributed by atoms with Crippen LogP contribution in [0.15, 0.2) is 35.4 Å². The van der Waals surface area contributed by atoms with Crippen LogP contribution in [0.3, 0.4) is 0 Å². The minimum atomic E-state index is -1.58. The first-order valence-electron chi connectivity index (χ1n) is 2.89. The zero-order valence-corrected chi connectivity index (χ0v) is 6.62. The molecule has 0 saturated heterocycles. The van der Waals surface area contributed by atoms with Gasteiger partial charge in [0.05, 0.1) is 5.16 Å². The van der Waals surface area contributed by atoms with E-state index in [9.17, 15) is 0 Å². The number of nitrogens with two attached hydrogens (primary N) is 1. The molecule has 0 spiro atoms. The second-order valence-electron chi connectivity index (χ2n) is 1.81. The second-order valence-corrected chi connectivity index (χ2v) is 2.24. The zero-order valence-electron chi connectivity index (χ0n) is 5.87. The molecule has 0 atom stereocenters. The molecule has 0 aromatic heterocycles. The van der Waals surface area contributed by atoms with Gasteiger partial charge in [0.25, 0.3) is 0 Å². The van der Waals surface area contributed by atoms with E-state index in [4.69, 9.17) is 27.4 Å². The third kappa shape index (κ3) is 4.67. The third-order valence-corrected chi connectivity index (χ3v) is 1.02. The molecule has 0 radical (unpaired) electrons. The molecule has 0 aliphatic carbocycles. The van der Waals surface area contributed by atoms with Gasteiger partial charge in [0.1, 0.15) is 0 Å². The van der Waals surface area contributed by atoms with E-state index in [0.29, 0.717) is 0 Å². The van der Waals surface area contributed by atoms with Crippen molar-refractivity contribution in [1.82, 2.24) is 0 Å². The lowest BCUT2D eigenvalue weighted by atomic mass is 9.79. The molecule has 0 aromatic rings. The Bertz CT molecular complexity index is 197. The number of allylic oxidation sites excluding steroid dienone is 4. The zero-order chi connectivity index (χ0) is 8.85. The minimum absolute atomic E-state index is 0.00815. The second kappa shape index (κ2) is 5.01. The first-order valence-corrected chi connectivity index (χ1v) is 3.27. The van der Waals surface area contributed by atoms with Crippen LogP contribution in [0.1, 0.15) is 0 Å². The van der Waals surface area contributed by atoms with Crippen LogP contribution in [-0.4, -0.2) is 17.2 Å². The van der Waals surface area contributed by atoms with E-state index in [0.717, 1.165) is 0 Å². The standard InChI is InChI=1S/C6H9BClNO2/c1-2-3-5(7(10)11)4-6(8)9/h2-4,10-11H,1,9H2/b5-3+,6-4-. The molecule has 0 fully saturated rings. The van der Waals surface area contributed by atoms with Crippen LogP contribution in [-0.2, 0) is 0 Å². The fourth-order valence-corrected chi connectivity index (χ4v) is 0.630. The van der Waals surface area contributed by atoms with Crippen molar-refractivity contribution in [3.05, 3.63) is 35.4 Å². The summed E-state index contributed by atoms with van der Waals surface area (Å²) in [6.45, 7) is 3.38. The molecule has 5 heteroatoms. The minimum Gasteiger partial charge on any atom is -0.423 e. The highest BCUT2D eigenvalue weighted by atomic mass is 35.5. The van der Waals surface area contributed by atoms with Crippen LogP contribution in [0.25, 0.3) is 0 Å². The van der Waals surface area contributed by atoms with E-state index < -0.39 is 7.12 Å². The Morgan fingerprint density at radius 3 is 2.36 bits per heavy atom. The van der Waals surface area contributed by atoms with Gasteiger partial charge in [0, 0.05) is 0 Å². The van der Waals surface area contributed by atoms with E-state index in [2.05, 4.69) is 6.58 Å². The molecule has 0 unspecified atom stereocenters. The fourth-order valence-electron chi connectivity index (χ4n) is 0.504. The lowest BCUT2D eigenvalue weighted by molar-refractivity contribution is 0.420. The van der Waals surface area contributed by atoms with Gasteiger partial charge in [-0.3, -0.25) is 0 Å². The van der Waals surface area contributed by atoms with Crippen molar-refractivity contribution in [3.8, 4) is 0 Å². The van der Waals surface area contributed by atoms with Gasteiger partial charge in [0.15, 0.2) is 0 Å². The van der Waals surface area contributed by atoms with Gasteiger partial charge >= 0.3 is 7.12 Å². The Morgan fingerprint density at radius 1 is 1.55 bits per heavy atom. The van der Waals surface area contributed by atoms with E-state index in [1.54, 1.807) is 0 Å². The van der Waals surface area contributed by atoms with Crippen molar-refractivity contribution in [1.29, 1.82) is 0 Å². The van der Waals surface area contributed by atoms with Crippen molar-refractivity contribution >= 4 is 18.7 Å². The summed E-state index contributed by atoms with van der Waals surface area (Å²) in [6, 6.07) is 0. The van der Waals surface area contributed by atoms with Gasteiger partial charge in [0.2, 0.25) is 0 Å². The molecule has 0 rings (SSSR count). The average Bonchev–Trinajstić information content (AvgIpc) is 1.86. The van der Waals surface area contributed by atoms with E-state index in [1.165, 1.54) is 18.2 Å². The largest absolute Gasteiger partial charge is 0.488 e. The first-order chi connectivity index (χ1) is 5.07. The summed E-state index contributed by atoms with van der Waals surface area (Å²) in [5.41, 5.74) is 5.29. The van der Waals surface area contributed by atoms with Crippen molar-refractivity contribution in [2.24, 2.45) is 5.73 Å². The lowest BCUT2D eigenvalue weighted by Crippen LogP contribution is -2.14. The molecule has 0 heterocycles. The van der Waals surface area contributed by atoms with E-state index in [1.807, 2.05) is 0 Å². The molecule has 4 N–H and O–H groups in total. The van der Waals surface area contributed by atoms with Gasteiger partial charge < -0.3 is 15.8 Å². The lowest BCUT2D eigenvalue weighted by Gasteiger charge is -1.97. The summed E-state index contributed by atoms with van der Waals surface area (Å²) < 4.78 is 0. The molecule has 11 heavy (non-hydrogen) atoms. The Labute approximate surface area is 70.6 Å². The summed E-state index contributed by atoms with van der Waals surface area (Å²) in [5, 5.41) is 17.3. The maximum atomic E-state index is 8.67. The first kappa shape index (κ1) is 10.3. The molecule has 3 nitrogen and oxygen atoms in total. The summed E-state index contributed by atoms with van der Waals surface area (Å²) in [6.07, 6.45) is 4.05. The number of hydrogen-bond donors (Lipinski definition) is 3. The molecule has 0 saturated carbocycles. The average molecular weight is 173 g/mol. The van der Waals surface area contributed by atoms with Crippen LogP contribution in [0.2, 0.25) is 0 Å². The predicted molar refractivity (Wildman–Crippen MR) is 46.6 cm³/mol. The fraction of sp³-hybridized carbons (Fsp3) is 0. The summed E-state index contributed by atoms with van der Waals surface area (Å²) in [7, 11) is -1.58. The maximum absolute atomic E-state index is 8.67. The summed E-state index contributed by atoms with van der Waals surface area (Å²) >= 11 is 5.29. The molecule has 0 amide bonds. The van der Waals surface area contributed by atoms with Crippen LogP contribution >= 0.6 is 11.6 Å².